The summed E-state index contributed by atoms with van der Waals surface area (Å²) in [5, 5.41) is 0.667. The number of esters is 1. The van der Waals surface area contributed by atoms with E-state index in [1.54, 1.807) is 12.1 Å². The molecule has 23 heavy (non-hydrogen) atoms. The molecule has 124 valence electrons. The van der Waals surface area contributed by atoms with E-state index in [4.69, 9.17) is 16.3 Å². The van der Waals surface area contributed by atoms with Crippen molar-refractivity contribution >= 4 is 23.5 Å². The Balaban J connectivity index is 1.49. The number of carbonyl (C=O) groups is 2. The van der Waals surface area contributed by atoms with E-state index in [0.29, 0.717) is 31.0 Å². The van der Waals surface area contributed by atoms with Crippen LogP contribution in [-0.4, -0.2) is 29.9 Å². The minimum absolute atomic E-state index is 0.104. The molecule has 2 fully saturated rings. The van der Waals surface area contributed by atoms with Gasteiger partial charge in [0.05, 0.1) is 5.92 Å². The van der Waals surface area contributed by atoms with Gasteiger partial charge >= 0.3 is 5.97 Å². The summed E-state index contributed by atoms with van der Waals surface area (Å²) in [5.74, 6) is 0.258. The maximum absolute atomic E-state index is 12.3. The molecule has 1 atom stereocenters. The molecule has 1 aliphatic heterocycles. The van der Waals surface area contributed by atoms with E-state index in [0.717, 1.165) is 18.4 Å². The predicted octanol–water partition coefficient (Wildman–Crippen LogP) is 3.59. The Morgan fingerprint density at radius 1 is 1.09 bits per heavy atom. The third kappa shape index (κ3) is 4.05. The molecule has 0 aromatic heterocycles. The number of carbonyl (C=O) groups excluding carboxylic acids is 2. The van der Waals surface area contributed by atoms with Gasteiger partial charge in [-0.15, -0.1) is 0 Å². The Hall–Kier alpha value is -1.55. The summed E-state index contributed by atoms with van der Waals surface area (Å²) in [4.78, 5) is 26.3. The number of nitrogens with zero attached hydrogens (tertiary/aromatic N) is 1. The average Bonchev–Trinajstić information content (AvgIpc) is 3.40. The van der Waals surface area contributed by atoms with Crippen molar-refractivity contribution in [3.63, 3.8) is 0 Å². The molecule has 1 aromatic rings. The molecule has 0 N–H and O–H groups in total. The largest absolute Gasteiger partial charge is 0.458 e. The topological polar surface area (TPSA) is 46.6 Å². The lowest BCUT2D eigenvalue weighted by molar-refractivity contribution is -0.156. The summed E-state index contributed by atoms with van der Waals surface area (Å²) in [7, 11) is 0. The number of hydrogen-bond donors (Lipinski definition) is 0. The number of benzene rings is 1. The third-order valence-corrected chi connectivity index (χ3v) is 4.95. The second-order valence-electron chi connectivity index (χ2n) is 6.50. The van der Waals surface area contributed by atoms with Gasteiger partial charge in [-0.3, -0.25) is 9.59 Å². The highest BCUT2D eigenvalue weighted by Crippen LogP contribution is 2.33. The number of rotatable bonds is 4. The number of piperidine rings is 1. The number of amides is 1. The molecular formula is C18H22ClNO3. The molecule has 0 radical (unpaired) electrons. The molecule has 1 unspecified atom stereocenters. The highest BCUT2D eigenvalue weighted by molar-refractivity contribution is 6.30. The monoisotopic (exact) mass is 335 g/mol. The van der Waals surface area contributed by atoms with E-state index >= 15 is 0 Å². The average molecular weight is 336 g/mol. The lowest BCUT2D eigenvalue weighted by Gasteiger charge is -2.31. The summed E-state index contributed by atoms with van der Waals surface area (Å²) in [6.07, 6.45) is 3.17. The fourth-order valence-corrected chi connectivity index (χ4v) is 3.12. The Kier molecular flexibility index (Phi) is 4.90. The van der Waals surface area contributed by atoms with E-state index in [9.17, 15) is 9.59 Å². The van der Waals surface area contributed by atoms with Gasteiger partial charge in [0.25, 0.3) is 0 Å². The van der Waals surface area contributed by atoms with E-state index in [1.807, 2.05) is 24.0 Å². The molecule has 0 spiro atoms. The maximum Gasteiger partial charge on any atom is 0.309 e. The van der Waals surface area contributed by atoms with Crippen molar-refractivity contribution in [3.05, 3.63) is 34.9 Å². The normalized spacial score (nSPS) is 20.2. The van der Waals surface area contributed by atoms with Gasteiger partial charge in [0, 0.05) is 24.0 Å². The summed E-state index contributed by atoms with van der Waals surface area (Å²) in [6, 6.07) is 7.33. The van der Waals surface area contributed by atoms with Gasteiger partial charge in [0.15, 0.2) is 0 Å². The van der Waals surface area contributed by atoms with Crippen LogP contribution in [0.25, 0.3) is 0 Å². The van der Waals surface area contributed by atoms with E-state index in [1.165, 1.54) is 0 Å². The Morgan fingerprint density at radius 3 is 2.26 bits per heavy atom. The van der Waals surface area contributed by atoms with Crippen LogP contribution in [0.5, 0.6) is 0 Å². The van der Waals surface area contributed by atoms with Crippen molar-refractivity contribution in [2.24, 2.45) is 11.8 Å². The SMILES string of the molecule is CC(OC(=O)C1CCN(C(=O)C2CC2)CC1)c1ccc(Cl)cc1. The quantitative estimate of drug-likeness (QED) is 0.790. The molecule has 1 saturated heterocycles. The Bertz CT molecular complexity index is 574. The van der Waals surface area contributed by atoms with Crippen molar-refractivity contribution in [1.82, 2.24) is 4.90 Å². The van der Waals surface area contributed by atoms with Crippen LogP contribution >= 0.6 is 11.6 Å². The van der Waals surface area contributed by atoms with Crippen molar-refractivity contribution in [2.75, 3.05) is 13.1 Å². The molecule has 0 bridgehead atoms. The second kappa shape index (κ2) is 6.91. The lowest BCUT2D eigenvalue weighted by Crippen LogP contribution is -2.41. The first-order valence-corrected chi connectivity index (χ1v) is 8.67. The van der Waals surface area contributed by atoms with Crippen LogP contribution in [0.3, 0.4) is 0 Å². The van der Waals surface area contributed by atoms with E-state index in [2.05, 4.69) is 0 Å². The van der Waals surface area contributed by atoms with Crippen LogP contribution in [0, 0.1) is 11.8 Å². The van der Waals surface area contributed by atoms with Crippen LogP contribution in [0.4, 0.5) is 0 Å². The third-order valence-electron chi connectivity index (χ3n) is 4.70. The second-order valence-corrected chi connectivity index (χ2v) is 6.94. The molecule has 1 saturated carbocycles. The van der Waals surface area contributed by atoms with Crippen molar-refractivity contribution < 1.29 is 14.3 Å². The molecule has 2 aliphatic rings. The van der Waals surface area contributed by atoms with Crippen LogP contribution in [0.15, 0.2) is 24.3 Å². The zero-order chi connectivity index (χ0) is 16.4. The number of hydrogen-bond acceptors (Lipinski definition) is 3. The van der Waals surface area contributed by atoms with Gasteiger partial charge in [-0.25, -0.2) is 0 Å². The van der Waals surface area contributed by atoms with Gasteiger partial charge in [-0.2, -0.15) is 0 Å². The number of ether oxygens (including phenoxy) is 1. The molecule has 3 rings (SSSR count). The molecular weight excluding hydrogens is 314 g/mol. The fraction of sp³-hybridized carbons (Fsp3) is 0.556. The summed E-state index contributed by atoms with van der Waals surface area (Å²) >= 11 is 5.87. The highest BCUT2D eigenvalue weighted by atomic mass is 35.5. The Labute approximate surface area is 141 Å². The summed E-state index contributed by atoms with van der Waals surface area (Å²) in [6.45, 7) is 3.21. The van der Waals surface area contributed by atoms with Gasteiger partial charge in [-0.1, -0.05) is 23.7 Å². The minimum atomic E-state index is -0.286. The number of halogens is 1. The van der Waals surface area contributed by atoms with Gasteiger partial charge in [0.2, 0.25) is 5.91 Å². The first-order chi connectivity index (χ1) is 11.0. The van der Waals surface area contributed by atoms with E-state index in [-0.39, 0.29) is 29.8 Å². The zero-order valence-electron chi connectivity index (χ0n) is 13.3. The van der Waals surface area contributed by atoms with E-state index < -0.39 is 0 Å². The van der Waals surface area contributed by atoms with Crippen molar-refractivity contribution in [1.29, 1.82) is 0 Å². The van der Waals surface area contributed by atoms with Crippen LogP contribution < -0.4 is 0 Å². The van der Waals surface area contributed by atoms with Crippen molar-refractivity contribution in [3.8, 4) is 0 Å². The van der Waals surface area contributed by atoms with Crippen LogP contribution in [-0.2, 0) is 14.3 Å². The molecule has 5 heteroatoms. The fourth-order valence-electron chi connectivity index (χ4n) is 3.00. The summed E-state index contributed by atoms with van der Waals surface area (Å²) in [5.41, 5.74) is 0.934. The highest BCUT2D eigenvalue weighted by Gasteiger charge is 2.36. The van der Waals surface area contributed by atoms with Crippen LogP contribution in [0.1, 0.15) is 44.3 Å². The molecule has 1 amide bonds. The maximum atomic E-state index is 12.3. The van der Waals surface area contributed by atoms with Gasteiger partial charge < -0.3 is 9.64 Å². The zero-order valence-corrected chi connectivity index (χ0v) is 14.1. The Morgan fingerprint density at radius 2 is 1.70 bits per heavy atom. The molecule has 1 heterocycles. The minimum Gasteiger partial charge on any atom is -0.458 e. The van der Waals surface area contributed by atoms with Crippen LogP contribution in [0.2, 0.25) is 5.02 Å². The molecule has 4 nitrogen and oxygen atoms in total. The first kappa shape index (κ1) is 16.3. The smallest absolute Gasteiger partial charge is 0.309 e. The van der Waals surface area contributed by atoms with Crippen molar-refractivity contribution in [2.45, 2.75) is 38.7 Å². The number of likely N-dealkylation sites (tertiary alicyclic amines) is 1. The standard InChI is InChI=1S/C18H22ClNO3/c1-12(13-4-6-16(19)7-5-13)23-18(22)15-8-10-20(11-9-15)17(21)14-2-3-14/h4-7,12,14-15H,2-3,8-11H2,1H3. The molecule has 1 aliphatic carbocycles. The van der Waals surface area contributed by atoms with Gasteiger partial charge in [-0.05, 0) is 50.3 Å². The molecule has 1 aromatic carbocycles. The lowest BCUT2D eigenvalue weighted by atomic mass is 9.96. The first-order valence-electron chi connectivity index (χ1n) is 8.29. The van der Waals surface area contributed by atoms with Gasteiger partial charge in [0.1, 0.15) is 6.10 Å². The summed E-state index contributed by atoms with van der Waals surface area (Å²) < 4.78 is 5.59. The predicted molar refractivity (Wildman–Crippen MR) is 88.0 cm³/mol.